The Kier molecular flexibility index (Phi) is 7.45. The summed E-state index contributed by atoms with van der Waals surface area (Å²) < 4.78 is 0. The summed E-state index contributed by atoms with van der Waals surface area (Å²) in [5.41, 5.74) is 0.334. The molecular formula is C27H44N4O2S. The summed E-state index contributed by atoms with van der Waals surface area (Å²) in [4.78, 5) is 32.5. The number of nitrogens with zero attached hydrogens (tertiary/aromatic N) is 3. The second-order valence-electron chi connectivity index (χ2n) is 11.9. The summed E-state index contributed by atoms with van der Waals surface area (Å²) in [5, 5.41) is 3.56. The lowest BCUT2D eigenvalue weighted by atomic mass is 9.48. The minimum absolute atomic E-state index is 0.0923. The highest BCUT2D eigenvalue weighted by Gasteiger charge is 2.59. The highest BCUT2D eigenvalue weighted by molar-refractivity contribution is 7.80. The fourth-order valence-electron chi connectivity index (χ4n) is 7.92. The molecule has 0 radical (unpaired) electrons. The normalized spacial score (nSPS) is 36.6. The van der Waals surface area contributed by atoms with Crippen LogP contribution >= 0.6 is 12.2 Å². The van der Waals surface area contributed by atoms with Gasteiger partial charge in [-0.3, -0.25) is 14.6 Å². The molecule has 190 valence electrons. The van der Waals surface area contributed by atoms with Gasteiger partial charge in [-0.05, 0) is 108 Å². The molecule has 6 nitrogen and oxygen atoms in total. The first-order valence-electron chi connectivity index (χ1n) is 13.4. The third-order valence-corrected chi connectivity index (χ3v) is 10.0. The maximum atomic E-state index is 13.9. The Hall–Kier alpha value is -1.47. The third kappa shape index (κ3) is 4.43. The number of imide groups is 1. The summed E-state index contributed by atoms with van der Waals surface area (Å²) in [7, 11) is 4.05. The number of hydrogen-bond donors (Lipinski definition) is 1. The van der Waals surface area contributed by atoms with E-state index in [0.717, 1.165) is 31.7 Å². The van der Waals surface area contributed by atoms with Crippen LogP contribution in [0.3, 0.4) is 0 Å². The number of carbonyl (C=O) groups is 2. The van der Waals surface area contributed by atoms with E-state index in [0.29, 0.717) is 35.5 Å². The number of nitrogens with one attached hydrogen (secondary N) is 1. The molecule has 34 heavy (non-hydrogen) atoms. The summed E-state index contributed by atoms with van der Waals surface area (Å²) in [5.74, 6) is 1.84. The Morgan fingerprint density at radius 2 is 1.91 bits per heavy atom. The highest BCUT2D eigenvalue weighted by atomic mass is 32.1. The van der Waals surface area contributed by atoms with Gasteiger partial charge in [-0.25, -0.2) is 4.79 Å². The van der Waals surface area contributed by atoms with Crippen LogP contribution in [0.1, 0.15) is 72.1 Å². The van der Waals surface area contributed by atoms with Crippen molar-refractivity contribution in [1.29, 1.82) is 0 Å². The van der Waals surface area contributed by atoms with E-state index < -0.39 is 0 Å². The largest absolute Gasteiger partial charge is 0.362 e. The van der Waals surface area contributed by atoms with Crippen molar-refractivity contribution in [2.24, 2.45) is 28.6 Å². The summed E-state index contributed by atoms with van der Waals surface area (Å²) in [6.45, 7) is 8.81. The molecule has 1 heterocycles. The second-order valence-corrected chi connectivity index (χ2v) is 12.3. The lowest BCUT2D eigenvalue weighted by Crippen LogP contribution is -2.64. The van der Waals surface area contributed by atoms with Crippen molar-refractivity contribution >= 4 is 29.3 Å². The van der Waals surface area contributed by atoms with Crippen molar-refractivity contribution in [1.82, 2.24) is 20.0 Å². The zero-order valence-electron chi connectivity index (χ0n) is 21.8. The minimum Gasteiger partial charge on any atom is -0.362 e. The summed E-state index contributed by atoms with van der Waals surface area (Å²) >= 11 is 5.59. The maximum Gasteiger partial charge on any atom is 0.333 e. The van der Waals surface area contributed by atoms with E-state index in [1.165, 1.54) is 32.1 Å². The lowest BCUT2D eigenvalue weighted by Gasteiger charge is -2.59. The Labute approximate surface area is 211 Å². The summed E-state index contributed by atoms with van der Waals surface area (Å²) in [6.07, 6.45) is 13.2. The number of rotatable bonds is 5. The molecule has 0 saturated heterocycles. The van der Waals surface area contributed by atoms with E-state index in [-0.39, 0.29) is 23.4 Å². The predicted octanol–water partition coefficient (Wildman–Crippen LogP) is 4.65. The molecule has 4 rings (SSSR count). The molecule has 6 atom stereocenters. The van der Waals surface area contributed by atoms with Crippen LogP contribution in [0.5, 0.6) is 0 Å². The van der Waals surface area contributed by atoms with Crippen molar-refractivity contribution < 1.29 is 9.59 Å². The van der Waals surface area contributed by atoms with Crippen molar-refractivity contribution in [3.05, 3.63) is 12.2 Å². The fourth-order valence-corrected chi connectivity index (χ4v) is 8.24. The molecule has 3 fully saturated rings. The first kappa shape index (κ1) is 25.6. The molecule has 1 N–H and O–H groups in total. The Morgan fingerprint density at radius 1 is 1.15 bits per heavy atom. The number of thiocarbonyl (C=S) groups is 1. The molecule has 1 aliphatic heterocycles. The van der Waals surface area contributed by atoms with E-state index in [1.54, 1.807) is 15.9 Å². The van der Waals surface area contributed by atoms with E-state index in [2.05, 4.69) is 30.1 Å². The number of fused-ring (bicyclic) bond motifs is 5. The SMILES string of the molecule is CCNC(=S)N(CCCN(C)C)C(=O)N1C(=O)C=C[C@@]2(C)C1CC[C@@H]1[C@H]2CC[C@]2(C)CCC[C@@H]12. The standard InChI is InChI=1S/C27H44N4O2S/c1-6-28-24(34)30(18-8-17-29(4)5)25(33)31-22-11-10-19-20-9-7-14-26(20,2)15-12-21(19)27(22,3)16-13-23(31)32/h13,16,19-22H,6-12,14-15,17-18H2,1-5H3,(H,28,34)/t19-,20-,21+,22?,26-,27+/m0/s1. The molecule has 0 aromatic rings. The number of amides is 3. The first-order chi connectivity index (χ1) is 16.1. The van der Waals surface area contributed by atoms with Gasteiger partial charge in [-0.2, -0.15) is 0 Å². The molecule has 3 aliphatic carbocycles. The Morgan fingerprint density at radius 3 is 2.62 bits per heavy atom. The van der Waals surface area contributed by atoms with Crippen molar-refractivity contribution in [2.45, 2.75) is 78.2 Å². The third-order valence-electron chi connectivity index (χ3n) is 9.64. The van der Waals surface area contributed by atoms with Crippen LogP contribution in [-0.2, 0) is 4.79 Å². The molecule has 3 saturated carbocycles. The topological polar surface area (TPSA) is 55.9 Å². The molecule has 1 unspecified atom stereocenters. The Bertz CT molecular complexity index is 844. The Balaban J connectivity index is 1.59. The van der Waals surface area contributed by atoms with Gasteiger partial charge in [0.1, 0.15) is 0 Å². The molecule has 4 aliphatic rings. The van der Waals surface area contributed by atoms with Crippen LogP contribution in [0.15, 0.2) is 12.2 Å². The average molecular weight is 489 g/mol. The van der Waals surface area contributed by atoms with Crippen LogP contribution in [0.4, 0.5) is 4.79 Å². The zero-order chi connectivity index (χ0) is 24.7. The number of carbonyl (C=O) groups excluding carboxylic acids is 2. The lowest BCUT2D eigenvalue weighted by molar-refractivity contribution is -0.135. The van der Waals surface area contributed by atoms with Crippen molar-refractivity contribution in [3.8, 4) is 0 Å². The van der Waals surface area contributed by atoms with Gasteiger partial charge in [-0.15, -0.1) is 0 Å². The molecule has 7 heteroatoms. The molecule has 3 amide bonds. The van der Waals surface area contributed by atoms with E-state index in [1.807, 2.05) is 21.0 Å². The first-order valence-corrected chi connectivity index (χ1v) is 13.8. The van der Waals surface area contributed by atoms with E-state index in [4.69, 9.17) is 12.2 Å². The quantitative estimate of drug-likeness (QED) is 0.571. The highest BCUT2D eigenvalue weighted by Crippen LogP contribution is 2.64. The molecular weight excluding hydrogens is 444 g/mol. The molecule has 0 bridgehead atoms. The number of hydrogen-bond acceptors (Lipinski definition) is 4. The molecule has 0 aromatic carbocycles. The maximum absolute atomic E-state index is 13.9. The van der Waals surface area contributed by atoms with Gasteiger partial charge in [0.2, 0.25) is 0 Å². The van der Waals surface area contributed by atoms with Crippen LogP contribution in [0.25, 0.3) is 0 Å². The fraction of sp³-hybridized carbons (Fsp3) is 0.815. The van der Waals surface area contributed by atoms with Crippen LogP contribution in [-0.4, -0.2) is 71.5 Å². The summed E-state index contributed by atoms with van der Waals surface area (Å²) in [6, 6.07) is -0.347. The minimum atomic E-state index is -0.254. The van der Waals surface area contributed by atoms with Crippen molar-refractivity contribution in [3.63, 3.8) is 0 Å². The van der Waals surface area contributed by atoms with Gasteiger partial charge in [0, 0.05) is 24.6 Å². The smallest absolute Gasteiger partial charge is 0.333 e. The molecule has 0 aromatic heterocycles. The molecule has 0 spiro atoms. The second kappa shape index (κ2) is 9.88. The van der Waals surface area contributed by atoms with Crippen molar-refractivity contribution in [2.75, 3.05) is 33.7 Å². The van der Waals surface area contributed by atoms with E-state index >= 15 is 0 Å². The number of urea groups is 1. The predicted molar refractivity (Wildman–Crippen MR) is 140 cm³/mol. The van der Waals surface area contributed by atoms with Gasteiger partial charge in [0.15, 0.2) is 5.11 Å². The van der Waals surface area contributed by atoms with Crippen LogP contribution in [0, 0.1) is 28.6 Å². The monoisotopic (exact) mass is 488 g/mol. The van der Waals surface area contributed by atoms with Crippen LogP contribution < -0.4 is 5.32 Å². The van der Waals surface area contributed by atoms with Gasteiger partial charge in [0.25, 0.3) is 5.91 Å². The van der Waals surface area contributed by atoms with Crippen LogP contribution in [0.2, 0.25) is 0 Å². The van der Waals surface area contributed by atoms with Gasteiger partial charge in [0.05, 0.1) is 6.04 Å². The van der Waals surface area contributed by atoms with E-state index in [9.17, 15) is 9.59 Å². The van der Waals surface area contributed by atoms with Gasteiger partial charge in [-0.1, -0.05) is 26.3 Å². The average Bonchev–Trinajstić information content (AvgIpc) is 3.18. The zero-order valence-corrected chi connectivity index (χ0v) is 22.6. The van der Waals surface area contributed by atoms with Gasteiger partial charge >= 0.3 is 6.03 Å². The van der Waals surface area contributed by atoms with Gasteiger partial charge < -0.3 is 10.2 Å².